The second-order valence-electron chi connectivity index (χ2n) is 4.75. The molecule has 0 bridgehead atoms. The van der Waals surface area contributed by atoms with Gasteiger partial charge in [0, 0.05) is 12.4 Å². The number of carbonyl (C=O) groups is 1. The zero-order valence-corrected chi connectivity index (χ0v) is 12.3. The molecule has 128 valence electrons. The SMILES string of the molecule is CC(NC(=O)c1ccncn1)c1cnc(OCC(F)(F)F)c(F)c1. The first kappa shape index (κ1) is 17.6. The van der Waals surface area contributed by atoms with Crippen LogP contribution in [-0.4, -0.2) is 33.6 Å². The lowest BCUT2D eigenvalue weighted by molar-refractivity contribution is -0.154. The summed E-state index contributed by atoms with van der Waals surface area (Å²) < 4.78 is 54.2. The molecule has 0 spiro atoms. The van der Waals surface area contributed by atoms with Gasteiger partial charge in [0.05, 0.1) is 6.04 Å². The highest BCUT2D eigenvalue weighted by molar-refractivity contribution is 5.92. The van der Waals surface area contributed by atoms with Crippen molar-refractivity contribution in [2.75, 3.05) is 6.61 Å². The number of nitrogens with zero attached hydrogens (tertiary/aromatic N) is 3. The molecule has 0 aromatic carbocycles. The van der Waals surface area contributed by atoms with Gasteiger partial charge in [0.2, 0.25) is 0 Å². The lowest BCUT2D eigenvalue weighted by atomic mass is 10.1. The van der Waals surface area contributed by atoms with Crippen LogP contribution in [0.25, 0.3) is 0 Å². The molecule has 24 heavy (non-hydrogen) atoms. The Morgan fingerprint density at radius 3 is 2.71 bits per heavy atom. The van der Waals surface area contributed by atoms with Crippen molar-refractivity contribution in [3.05, 3.63) is 47.9 Å². The molecule has 0 fully saturated rings. The molecule has 0 saturated heterocycles. The zero-order valence-electron chi connectivity index (χ0n) is 12.3. The average molecular weight is 344 g/mol. The fraction of sp³-hybridized carbons (Fsp3) is 0.286. The number of halogens is 4. The second-order valence-corrected chi connectivity index (χ2v) is 4.75. The van der Waals surface area contributed by atoms with Crippen LogP contribution in [-0.2, 0) is 0 Å². The van der Waals surface area contributed by atoms with Crippen LogP contribution in [0.4, 0.5) is 17.6 Å². The van der Waals surface area contributed by atoms with Crippen molar-refractivity contribution in [2.45, 2.75) is 19.1 Å². The van der Waals surface area contributed by atoms with E-state index in [0.29, 0.717) is 0 Å². The first-order chi connectivity index (χ1) is 11.3. The van der Waals surface area contributed by atoms with Crippen molar-refractivity contribution in [3.63, 3.8) is 0 Å². The topological polar surface area (TPSA) is 77.0 Å². The predicted octanol–water partition coefficient (Wildman–Crippen LogP) is 2.44. The van der Waals surface area contributed by atoms with Crippen LogP contribution in [0.3, 0.4) is 0 Å². The maximum absolute atomic E-state index is 13.8. The average Bonchev–Trinajstić information content (AvgIpc) is 2.53. The summed E-state index contributed by atoms with van der Waals surface area (Å²) in [6, 6.07) is 1.70. The van der Waals surface area contributed by atoms with Crippen molar-refractivity contribution < 1.29 is 27.1 Å². The summed E-state index contributed by atoms with van der Waals surface area (Å²) in [5.74, 6) is -2.33. The van der Waals surface area contributed by atoms with E-state index < -0.39 is 36.4 Å². The Kier molecular flexibility index (Phi) is 5.27. The zero-order chi connectivity index (χ0) is 17.7. The monoisotopic (exact) mass is 344 g/mol. The second kappa shape index (κ2) is 7.20. The minimum absolute atomic E-state index is 0.121. The molecule has 6 nitrogen and oxygen atoms in total. The largest absolute Gasteiger partial charge is 0.466 e. The summed E-state index contributed by atoms with van der Waals surface area (Å²) in [6.07, 6.45) is -0.876. The fourth-order valence-corrected chi connectivity index (χ4v) is 1.71. The van der Waals surface area contributed by atoms with E-state index in [2.05, 4.69) is 25.0 Å². The van der Waals surface area contributed by atoms with E-state index in [4.69, 9.17) is 0 Å². The molecule has 1 amide bonds. The molecule has 2 aromatic heterocycles. The van der Waals surface area contributed by atoms with Crippen LogP contribution in [0.5, 0.6) is 5.88 Å². The van der Waals surface area contributed by atoms with Crippen molar-refractivity contribution in [3.8, 4) is 5.88 Å². The Labute approximate surface area is 133 Å². The maximum atomic E-state index is 13.8. The number of alkyl halides is 3. The molecule has 2 rings (SSSR count). The van der Waals surface area contributed by atoms with E-state index in [1.165, 1.54) is 18.6 Å². The van der Waals surface area contributed by atoms with Crippen molar-refractivity contribution in [2.24, 2.45) is 0 Å². The maximum Gasteiger partial charge on any atom is 0.422 e. The molecule has 0 aliphatic rings. The molecular formula is C14H12F4N4O2. The normalized spacial score (nSPS) is 12.5. The van der Waals surface area contributed by atoms with E-state index in [1.54, 1.807) is 6.92 Å². The summed E-state index contributed by atoms with van der Waals surface area (Å²) in [5, 5.41) is 2.56. The van der Waals surface area contributed by atoms with E-state index in [0.717, 1.165) is 12.3 Å². The molecule has 0 aliphatic heterocycles. The molecule has 1 atom stereocenters. The van der Waals surface area contributed by atoms with Gasteiger partial charge in [0.25, 0.3) is 11.8 Å². The number of hydrogen-bond donors (Lipinski definition) is 1. The van der Waals surface area contributed by atoms with Gasteiger partial charge in [0.1, 0.15) is 12.0 Å². The first-order valence-corrected chi connectivity index (χ1v) is 6.68. The smallest absolute Gasteiger partial charge is 0.422 e. The number of ether oxygens (including phenoxy) is 1. The minimum Gasteiger partial charge on any atom is -0.466 e. The third kappa shape index (κ3) is 4.86. The number of aromatic nitrogens is 3. The Morgan fingerprint density at radius 2 is 2.12 bits per heavy atom. The fourth-order valence-electron chi connectivity index (χ4n) is 1.71. The molecule has 1 unspecified atom stereocenters. The Morgan fingerprint density at radius 1 is 1.38 bits per heavy atom. The summed E-state index contributed by atoms with van der Waals surface area (Å²) in [7, 11) is 0. The highest BCUT2D eigenvalue weighted by Gasteiger charge is 2.29. The number of amides is 1. The Bertz CT molecular complexity index is 710. The number of nitrogens with one attached hydrogen (secondary N) is 1. The lowest BCUT2D eigenvalue weighted by Crippen LogP contribution is -2.27. The van der Waals surface area contributed by atoms with Gasteiger partial charge < -0.3 is 10.1 Å². The molecule has 10 heteroatoms. The van der Waals surface area contributed by atoms with Gasteiger partial charge in [-0.1, -0.05) is 0 Å². The van der Waals surface area contributed by atoms with Crippen LogP contribution in [0, 0.1) is 5.82 Å². The molecule has 2 heterocycles. The van der Waals surface area contributed by atoms with Gasteiger partial charge in [-0.3, -0.25) is 4.79 Å². The van der Waals surface area contributed by atoms with Crippen molar-refractivity contribution in [1.82, 2.24) is 20.3 Å². The summed E-state index contributed by atoms with van der Waals surface area (Å²) in [4.78, 5) is 22.9. The molecule has 0 radical (unpaired) electrons. The third-order valence-electron chi connectivity index (χ3n) is 2.86. The number of rotatable bonds is 5. The van der Waals surface area contributed by atoms with E-state index in [-0.39, 0.29) is 11.3 Å². The Balaban J connectivity index is 2.04. The molecule has 2 aromatic rings. The number of pyridine rings is 1. The van der Waals surface area contributed by atoms with Gasteiger partial charge in [-0.05, 0) is 24.6 Å². The summed E-state index contributed by atoms with van der Waals surface area (Å²) >= 11 is 0. The Hall–Kier alpha value is -2.78. The lowest BCUT2D eigenvalue weighted by Gasteiger charge is -2.15. The van der Waals surface area contributed by atoms with Crippen LogP contribution < -0.4 is 10.1 Å². The highest BCUT2D eigenvalue weighted by Crippen LogP contribution is 2.22. The van der Waals surface area contributed by atoms with Crippen LogP contribution >= 0.6 is 0 Å². The van der Waals surface area contributed by atoms with E-state index in [1.807, 2.05) is 0 Å². The molecule has 0 aliphatic carbocycles. The van der Waals surface area contributed by atoms with Gasteiger partial charge in [-0.2, -0.15) is 13.2 Å². The summed E-state index contributed by atoms with van der Waals surface area (Å²) in [5.41, 5.74) is 0.379. The predicted molar refractivity (Wildman–Crippen MR) is 73.7 cm³/mol. The standard InChI is InChI=1S/C14H12F4N4O2/c1-8(22-12(23)11-2-3-19-7-21-11)9-4-10(15)13(20-5-9)24-6-14(16,17)18/h2-5,7-8H,6H2,1H3,(H,22,23). The highest BCUT2D eigenvalue weighted by atomic mass is 19.4. The molecular weight excluding hydrogens is 332 g/mol. The first-order valence-electron chi connectivity index (χ1n) is 6.68. The van der Waals surface area contributed by atoms with E-state index in [9.17, 15) is 22.4 Å². The van der Waals surface area contributed by atoms with Crippen LogP contribution in [0.15, 0.2) is 30.9 Å². The van der Waals surface area contributed by atoms with Crippen LogP contribution in [0.2, 0.25) is 0 Å². The van der Waals surface area contributed by atoms with Gasteiger partial charge in [0.15, 0.2) is 12.4 Å². The quantitative estimate of drug-likeness (QED) is 0.843. The number of carbonyl (C=O) groups excluding carboxylic acids is 1. The summed E-state index contributed by atoms with van der Waals surface area (Å²) in [6.45, 7) is -0.0813. The van der Waals surface area contributed by atoms with E-state index >= 15 is 0 Å². The third-order valence-corrected chi connectivity index (χ3v) is 2.86. The molecule has 1 N–H and O–H groups in total. The van der Waals surface area contributed by atoms with Crippen molar-refractivity contribution >= 4 is 5.91 Å². The van der Waals surface area contributed by atoms with Crippen molar-refractivity contribution in [1.29, 1.82) is 0 Å². The van der Waals surface area contributed by atoms with Gasteiger partial charge in [-0.25, -0.2) is 19.3 Å². The van der Waals surface area contributed by atoms with Gasteiger partial charge >= 0.3 is 6.18 Å². The number of hydrogen-bond acceptors (Lipinski definition) is 5. The van der Waals surface area contributed by atoms with Crippen LogP contribution in [0.1, 0.15) is 29.0 Å². The minimum atomic E-state index is -4.59. The molecule has 0 saturated carbocycles. The van der Waals surface area contributed by atoms with Gasteiger partial charge in [-0.15, -0.1) is 0 Å².